The summed E-state index contributed by atoms with van der Waals surface area (Å²) in [7, 11) is 0. The van der Waals surface area contributed by atoms with Crippen molar-refractivity contribution >= 4 is 17.5 Å². The maximum Gasteiger partial charge on any atom is 0.254 e. The van der Waals surface area contributed by atoms with Crippen molar-refractivity contribution in [2.45, 2.75) is 19.8 Å². The molecule has 18 heavy (non-hydrogen) atoms. The normalized spacial score (nSPS) is 12.2. The van der Waals surface area contributed by atoms with E-state index in [1.165, 1.54) is 0 Å². The van der Waals surface area contributed by atoms with E-state index in [0.29, 0.717) is 13.0 Å². The number of rotatable bonds is 6. The Labute approximate surface area is 110 Å². The lowest BCUT2D eigenvalue weighted by molar-refractivity contribution is 0.0943. The van der Waals surface area contributed by atoms with E-state index in [-0.39, 0.29) is 23.2 Å². The number of aliphatic hydroxyl groups is 1. The zero-order chi connectivity index (χ0) is 13.5. The standard InChI is InChI=1S/C12H16ClFN2O2/c1-2-8(3-4-17)6-16-12(18)10-5-9(14)7-15-11(10)13/h5,7-8,17H,2-4,6H2,1H3,(H,16,18). The number of halogens is 2. The second kappa shape index (κ2) is 7.28. The minimum atomic E-state index is -0.605. The maximum atomic E-state index is 13.0. The van der Waals surface area contributed by atoms with Gasteiger partial charge in [0.05, 0.1) is 11.8 Å². The molecule has 0 bridgehead atoms. The van der Waals surface area contributed by atoms with Crippen LogP contribution in [0.3, 0.4) is 0 Å². The highest BCUT2D eigenvalue weighted by Gasteiger charge is 2.14. The summed E-state index contributed by atoms with van der Waals surface area (Å²) in [6, 6.07) is 1.05. The van der Waals surface area contributed by atoms with Crippen molar-refractivity contribution in [3.05, 3.63) is 28.8 Å². The summed E-state index contributed by atoms with van der Waals surface area (Å²) in [4.78, 5) is 15.4. The van der Waals surface area contributed by atoms with Gasteiger partial charge in [-0.15, -0.1) is 0 Å². The minimum Gasteiger partial charge on any atom is -0.396 e. The van der Waals surface area contributed by atoms with Gasteiger partial charge in [-0.2, -0.15) is 0 Å². The second-order valence-corrected chi connectivity index (χ2v) is 4.35. The third-order valence-electron chi connectivity index (χ3n) is 2.72. The fraction of sp³-hybridized carbons (Fsp3) is 0.500. The Bertz CT molecular complexity index is 415. The molecule has 6 heteroatoms. The monoisotopic (exact) mass is 274 g/mol. The van der Waals surface area contributed by atoms with Crippen molar-refractivity contribution < 1.29 is 14.3 Å². The van der Waals surface area contributed by atoms with Crippen LogP contribution in [0.4, 0.5) is 4.39 Å². The molecular weight excluding hydrogens is 259 g/mol. The van der Waals surface area contributed by atoms with Crippen LogP contribution in [-0.4, -0.2) is 29.1 Å². The third kappa shape index (κ3) is 4.23. The molecule has 1 aromatic rings. The lowest BCUT2D eigenvalue weighted by atomic mass is 10.0. The van der Waals surface area contributed by atoms with Gasteiger partial charge in [0, 0.05) is 13.2 Å². The Kier molecular flexibility index (Phi) is 6.01. The number of amides is 1. The molecule has 0 saturated carbocycles. The number of aliphatic hydroxyl groups excluding tert-OH is 1. The zero-order valence-electron chi connectivity index (χ0n) is 10.1. The van der Waals surface area contributed by atoms with E-state index in [1.807, 2.05) is 6.92 Å². The van der Waals surface area contributed by atoms with Gasteiger partial charge < -0.3 is 10.4 Å². The molecule has 0 saturated heterocycles. The molecule has 0 radical (unpaired) electrons. The van der Waals surface area contributed by atoms with E-state index >= 15 is 0 Å². The molecule has 1 rings (SSSR count). The molecule has 0 aliphatic carbocycles. The molecule has 1 heterocycles. The SMILES string of the molecule is CCC(CCO)CNC(=O)c1cc(F)cnc1Cl. The minimum absolute atomic E-state index is 0.0236. The van der Waals surface area contributed by atoms with Crippen LogP contribution in [0, 0.1) is 11.7 Å². The first-order chi connectivity index (χ1) is 8.58. The highest BCUT2D eigenvalue weighted by atomic mass is 35.5. The van der Waals surface area contributed by atoms with Crippen molar-refractivity contribution in [2.24, 2.45) is 5.92 Å². The Morgan fingerprint density at radius 1 is 1.67 bits per heavy atom. The largest absolute Gasteiger partial charge is 0.396 e. The van der Waals surface area contributed by atoms with Crippen molar-refractivity contribution in [1.29, 1.82) is 0 Å². The van der Waals surface area contributed by atoms with Crippen molar-refractivity contribution in [3.63, 3.8) is 0 Å². The smallest absolute Gasteiger partial charge is 0.254 e. The quantitative estimate of drug-likeness (QED) is 0.780. The molecular formula is C12H16ClFN2O2. The second-order valence-electron chi connectivity index (χ2n) is 3.99. The summed E-state index contributed by atoms with van der Waals surface area (Å²) in [5.74, 6) is -0.866. The number of aromatic nitrogens is 1. The average molecular weight is 275 g/mol. The fourth-order valence-electron chi connectivity index (χ4n) is 1.55. The maximum absolute atomic E-state index is 13.0. The van der Waals surface area contributed by atoms with Crippen LogP contribution < -0.4 is 5.32 Å². The Morgan fingerprint density at radius 3 is 3.00 bits per heavy atom. The molecule has 0 aromatic carbocycles. The van der Waals surface area contributed by atoms with Crippen LogP contribution >= 0.6 is 11.6 Å². The third-order valence-corrected chi connectivity index (χ3v) is 3.02. The highest BCUT2D eigenvalue weighted by molar-refractivity contribution is 6.32. The predicted molar refractivity (Wildman–Crippen MR) is 67.0 cm³/mol. The molecule has 0 aliphatic rings. The number of pyridine rings is 1. The van der Waals surface area contributed by atoms with Gasteiger partial charge in [0.25, 0.3) is 5.91 Å². The van der Waals surface area contributed by atoms with E-state index < -0.39 is 11.7 Å². The number of carbonyl (C=O) groups excluding carboxylic acids is 1. The first-order valence-corrected chi connectivity index (χ1v) is 6.16. The van der Waals surface area contributed by atoms with Gasteiger partial charge in [-0.1, -0.05) is 24.9 Å². The fourth-order valence-corrected chi connectivity index (χ4v) is 1.74. The highest BCUT2D eigenvalue weighted by Crippen LogP contribution is 2.14. The van der Waals surface area contributed by atoms with E-state index in [2.05, 4.69) is 10.3 Å². The zero-order valence-corrected chi connectivity index (χ0v) is 10.9. The molecule has 1 aromatic heterocycles. The number of nitrogens with one attached hydrogen (secondary N) is 1. The Hall–Kier alpha value is -1.20. The van der Waals surface area contributed by atoms with E-state index in [9.17, 15) is 9.18 Å². The molecule has 100 valence electrons. The van der Waals surface area contributed by atoms with Crippen LogP contribution in [-0.2, 0) is 0 Å². The number of hydrogen-bond donors (Lipinski definition) is 2. The van der Waals surface area contributed by atoms with Gasteiger partial charge in [0.15, 0.2) is 0 Å². The summed E-state index contributed by atoms with van der Waals surface area (Å²) in [6.45, 7) is 2.47. The van der Waals surface area contributed by atoms with Gasteiger partial charge >= 0.3 is 0 Å². The van der Waals surface area contributed by atoms with Gasteiger partial charge in [-0.3, -0.25) is 4.79 Å². The summed E-state index contributed by atoms with van der Waals surface area (Å²) < 4.78 is 13.0. The van der Waals surface area contributed by atoms with Gasteiger partial charge in [0.1, 0.15) is 11.0 Å². The molecule has 0 fully saturated rings. The predicted octanol–water partition coefficient (Wildman–Crippen LogP) is 2.01. The lowest BCUT2D eigenvalue weighted by Crippen LogP contribution is -2.30. The Morgan fingerprint density at radius 2 is 2.39 bits per heavy atom. The number of hydrogen-bond acceptors (Lipinski definition) is 3. The lowest BCUT2D eigenvalue weighted by Gasteiger charge is -2.14. The van der Waals surface area contributed by atoms with E-state index in [0.717, 1.165) is 18.7 Å². The molecule has 1 unspecified atom stereocenters. The molecule has 2 N–H and O–H groups in total. The molecule has 4 nitrogen and oxygen atoms in total. The summed E-state index contributed by atoms with van der Waals surface area (Å²) in [6.07, 6.45) is 2.42. The van der Waals surface area contributed by atoms with Crippen LogP contribution in [0.1, 0.15) is 30.1 Å². The Balaban J connectivity index is 2.62. The summed E-state index contributed by atoms with van der Waals surface area (Å²) in [5, 5.41) is 11.5. The van der Waals surface area contributed by atoms with Crippen LogP contribution in [0.25, 0.3) is 0 Å². The molecule has 1 atom stereocenters. The molecule has 1 amide bonds. The van der Waals surface area contributed by atoms with Gasteiger partial charge in [-0.05, 0) is 18.4 Å². The number of carbonyl (C=O) groups is 1. The summed E-state index contributed by atoms with van der Waals surface area (Å²) in [5.41, 5.74) is 0.0236. The van der Waals surface area contributed by atoms with Gasteiger partial charge in [0.2, 0.25) is 0 Å². The number of nitrogens with zero attached hydrogens (tertiary/aromatic N) is 1. The van der Waals surface area contributed by atoms with Gasteiger partial charge in [-0.25, -0.2) is 9.37 Å². The van der Waals surface area contributed by atoms with E-state index in [4.69, 9.17) is 16.7 Å². The van der Waals surface area contributed by atoms with Crippen LogP contribution in [0.2, 0.25) is 5.15 Å². The first kappa shape index (κ1) is 14.9. The van der Waals surface area contributed by atoms with Crippen molar-refractivity contribution in [2.75, 3.05) is 13.2 Å². The van der Waals surface area contributed by atoms with Crippen molar-refractivity contribution in [1.82, 2.24) is 10.3 Å². The van der Waals surface area contributed by atoms with Crippen molar-refractivity contribution in [3.8, 4) is 0 Å². The summed E-state index contributed by atoms with van der Waals surface area (Å²) >= 11 is 5.72. The van der Waals surface area contributed by atoms with Crippen LogP contribution in [0.5, 0.6) is 0 Å². The topological polar surface area (TPSA) is 62.2 Å². The van der Waals surface area contributed by atoms with Crippen LogP contribution in [0.15, 0.2) is 12.3 Å². The molecule has 0 aliphatic heterocycles. The average Bonchev–Trinajstić information content (AvgIpc) is 2.37. The first-order valence-electron chi connectivity index (χ1n) is 5.78. The van der Waals surface area contributed by atoms with E-state index in [1.54, 1.807) is 0 Å². The molecule has 0 spiro atoms.